The first-order valence-electron chi connectivity index (χ1n) is 26.7. The highest BCUT2D eigenvalue weighted by atomic mass is 16.5. The van der Waals surface area contributed by atoms with Crippen LogP contribution < -0.4 is 35.3 Å². The average molecular weight is 1010 g/mol. The van der Waals surface area contributed by atoms with Crippen LogP contribution in [0.3, 0.4) is 0 Å². The number of benzene rings is 12. The first kappa shape index (κ1) is 45.9. The van der Waals surface area contributed by atoms with Crippen LogP contribution in [-0.2, 0) is 0 Å². The summed E-state index contributed by atoms with van der Waals surface area (Å²) in [5.41, 5.74) is 14.9. The van der Waals surface area contributed by atoms with Crippen molar-refractivity contribution in [2.45, 2.75) is 0 Å². The van der Waals surface area contributed by atoms with Gasteiger partial charge in [-0.1, -0.05) is 182 Å². The molecule has 0 saturated heterocycles. The Labute approximate surface area is 457 Å². The molecule has 14 aromatic rings. The quantitative estimate of drug-likeness (QED) is 0.142. The van der Waals surface area contributed by atoms with E-state index in [1.807, 2.05) is 97.1 Å². The van der Waals surface area contributed by atoms with Gasteiger partial charge in [0.25, 0.3) is 6.71 Å². The molecule has 6 nitrogen and oxygen atoms in total. The van der Waals surface area contributed by atoms with Gasteiger partial charge >= 0.3 is 0 Å². The third-order valence-corrected chi connectivity index (χ3v) is 15.3. The molecule has 0 aliphatic carbocycles. The van der Waals surface area contributed by atoms with E-state index >= 15 is 0 Å². The van der Waals surface area contributed by atoms with Gasteiger partial charge in [0.1, 0.15) is 46.0 Å². The lowest BCUT2D eigenvalue weighted by molar-refractivity contribution is 0.461. The van der Waals surface area contributed by atoms with Crippen molar-refractivity contribution in [1.29, 1.82) is 0 Å². The minimum absolute atomic E-state index is 0.0664. The molecule has 0 amide bonds. The Morgan fingerprint density at radius 3 is 1.35 bits per heavy atom. The molecule has 0 N–H and O–H groups in total. The molecule has 12 aromatic carbocycles. The second-order valence-corrected chi connectivity index (χ2v) is 19.9. The average Bonchev–Trinajstić information content (AvgIpc) is 4.18. The third-order valence-electron chi connectivity index (χ3n) is 15.3. The van der Waals surface area contributed by atoms with Crippen molar-refractivity contribution in [3.05, 3.63) is 285 Å². The van der Waals surface area contributed by atoms with E-state index < -0.39 is 0 Å². The van der Waals surface area contributed by atoms with Crippen LogP contribution in [-0.4, -0.2) is 15.8 Å². The van der Waals surface area contributed by atoms with Gasteiger partial charge in [-0.2, -0.15) is 0 Å². The predicted octanol–water partition coefficient (Wildman–Crippen LogP) is 17.2. The van der Waals surface area contributed by atoms with Crippen LogP contribution in [0.15, 0.2) is 285 Å². The summed E-state index contributed by atoms with van der Waals surface area (Å²) in [5, 5.41) is 5.05. The van der Waals surface area contributed by atoms with Crippen molar-refractivity contribution in [2.75, 3.05) is 0 Å². The maximum Gasteiger partial charge on any atom is 0.260 e. The zero-order valence-electron chi connectivity index (χ0n) is 42.7. The van der Waals surface area contributed by atoms with E-state index in [-0.39, 0.29) is 6.71 Å². The summed E-state index contributed by atoms with van der Waals surface area (Å²) >= 11 is 0. The van der Waals surface area contributed by atoms with Crippen molar-refractivity contribution in [3.63, 3.8) is 0 Å². The molecule has 16 rings (SSSR count). The van der Waals surface area contributed by atoms with Crippen molar-refractivity contribution >= 4 is 66.7 Å². The molecular formula is C72H47BN2O4. The topological polar surface area (TPSA) is 46.8 Å². The maximum atomic E-state index is 6.66. The normalized spacial score (nSPS) is 12.0. The second kappa shape index (κ2) is 19.3. The van der Waals surface area contributed by atoms with Crippen LogP contribution in [0.4, 0.5) is 0 Å². The maximum absolute atomic E-state index is 6.66. The monoisotopic (exact) mass is 1010 g/mol. The molecule has 79 heavy (non-hydrogen) atoms. The fourth-order valence-electron chi connectivity index (χ4n) is 11.8. The van der Waals surface area contributed by atoms with Gasteiger partial charge in [-0.3, -0.25) is 0 Å². The summed E-state index contributed by atoms with van der Waals surface area (Å²) in [6.07, 6.45) is 0. The summed E-state index contributed by atoms with van der Waals surface area (Å²) < 4.78 is 30.0. The summed E-state index contributed by atoms with van der Waals surface area (Å²) in [5.74, 6) is 6.58. The fourth-order valence-corrected chi connectivity index (χ4v) is 11.8. The molecule has 0 spiro atoms. The number of hydrogen-bond donors (Lipinski definition) is 0. The van der Waals surface area contributed by atoms with Gasteiger partial charge < -0.3 is 28.1 Å². The summed E-state index contributed by atoms with van der Waals surface area (Å²) in [6.45, 7) is 0.0664. The van der Waals surface area contributed by atoms with Gasteiger partial charge in [0.15, 0.2) is 0 Å². The first-order valence-corrected chi connectivity index (χ1v) is 26.7. The van der Waals surface area contributed by atoms with Gasteiger partial charge in [-0.15, -0.1) is 0 Å². The molecule has 4 heterocycles. The van der Waals surface area contributed by atoms with E-state index in [2.05, 4.69) is 197 Å². The van der Waals surface area contributed by atoms with Gasteiger partial charge in [-0.05, 0) is 119 Å². The zero-order valence-corrected chi connectivity index (χ0v) is 42.7. The molecule has 2 aliphatic heterocycles. The van der Waals surface area contributed by atoms with Crippen LogP contribution >= 0.6 is 0 Å². The number of rotatable bonds is 8. The number of fused-ring (bicyclic) bond motifs is 10. The Hall–Kier alpha value is -10.5. The van der Waals surface area contributed by atoms with Crippen LogP contribution in [0, 0.1) is 0 Å². The molecule has 0 atom stereocenters. The fraction of sp³-hybridized carbons (Fsp3) is 0. The zero-order chi connectivity index (χ0) is 52.2. The molecule has 2 aliphatic rings. The highest BCUT2D eigenvalue weighted by Crippen LogP contribution is 2.41. The first-order chi connectivity index (χ1) is 39.2. The predicted molar refractivity (Wildman–Crippen MR) is 323 cm³/mol. The largest absolute Gasteiger partial charge is 0.458 e. The SMILES string of the molecule is c1ccc(Oc2cccc(Oc3ccccc3-c3ccc(-n4c5ccccc5c5ccccc54)cc3)c2)cc1.c1ccc2c(c1)Oc1cccc3c1B2c1cccc(-c2ccc(-n4c5ccccc5c5ccccc54)cc2)c1O3. The number of aromatic nitrogens is 2. The van der Waals surface area contributed by atoms with Crippen LogP contribution in [0.2, 0.25) is 0 Å². The molecule has 0 saturated carbocycles. The summed E-state index contributed by atoms with van der Waals surface area (Å²) in [7, 11) is 0. The standard InChI is InChI=1S/C36H22BNO2.C36H25NO2/c1-4-14-30-26(9-1)27-10-2-5-15-31(27)38(30)24-21-19-23(20-22-24)25-11-7-13-29-36(25)40-34-18-8-17-33-35(34)37(29)28-12-3-6-16-32(28)39-33;1-2-11-28(12-3-1)38-29-13-10-14-30(25-29)39-36-20-9-6-15-31(36)26-21-23-27(24-22-26)37-34-18-7-4-16-32(34)33-17-5-8-19-35(33)37/h1-22H;1-25H. The minimum atomic E-state index is 0.0664. The Bertz CT molecular complexity index is 4510. The number of nitrogens with zero attached hydrogens (tertiary/aromatic N) is 2. The number of para-hydroxylation sites is 8. The van der Waals surface area contributed by atoms with Crippen molar-refractivity contribution in [2.24, 2.45) is 0 Å². The van der Waals surface area contributed by atoms with Crippen molar-refractivity contribution < 1.29 is 18.9 Å². The molecule has 0 bridgehead atoms. The van der Waals surface area contributed by atoms with Crippen molar-refractivity contribution in [3.8, 4) is 79.6 Å². The van der Waals surface area contributed by atoms with E-state index in [9.17, 15) is 0 Å². The van der Waals surface area contributed by atoms with E-state index in [1.165, 1.54) is 54.5 Å². The van der Waals surface area contributed by atoms with E-state index in [0.29, 0.717) is 0 Å². The summed E-state index contributed by atoms with van der Waals surface area (Å²) in [6, 6.07) is 98.4. The molecular weight excluding hydrogens is 968 g/mol. The van der Waals surface area contributed by atoms with Crippen LogP contribution in [0.5, 0.6) is 46.0 Å². The summed E-state index contributed by atoms with van der Waals surface area (Å²) in [4.78, 5) is 0. The van der Waals surface area contributed by atoms with Crippen LogP contribution in [0.1, 0.15) is 0 Å². The van der Waals surface area contributed by atoms with Gasteiger partial charge in [0, 0.05) is 55.6 Å². The number of ether oxygens (including phenoxy) is 4. The smallest absolute Gasteiger partial charge is 0.260 e. The molecule has 0 unspecified atom stereocenters. The Morgan fingerprint density at radius 2 is 0.734 bits per heavy atom. The lowest BCUT2D eigenvalue weighted by Gasteiger charge is -2.33. The molecule has 0 fully saturated rings. The molecule has 7 heteroatoms. The van der Waals surface area contributed by atoms with E-state index in [1.54, 1.807) is 0 Å². The second-order valence-electron chi connectivity index (χ2n) is 19.9. The van der Waals surface area contributed by atoms with E-state index in [4.69, 9.17) is 18.9 Å². The van der Waals surface area contributed by atoms with Crippen LogP contribution in [0.25, 0.3) is 77.2 Å². The third kappa shape index (κ3) is 8.07. The highest BCUT2D eigenvalue weighted by molar-refractivity contribution is 6.98. The Kier molecular flexibility index (Phi) is 11.2. The Balaban J connectivity index is 0.000000137. The lowest BCUT2D eigenvalue weighted by Crippen LogP contribution is -2.57. The van der Waals surface area contributed by atoms with Crippen molar-refractivity contribution in [1.82, 2.24) is 9.13 Å². The number of hydrogen-bond acceptors (Lipinski definition) is 4. The highest BCUT2D eigenvalue weighted by Gasteiger charge is 2.40. The van der Waals surface area contributed by atoms with Gasteiger partial charge in [0.05, 0.1) is 22.1 Å². The van der Waals surface area contributed by atoms with Gasteiger partial charge in [-0.25, -0.2) is 0 Å². The Morgan fingerprint density at radius 1 is 0.304 bits per heavy atom. The molecule has 372 valence electrons. The van der Waals surface area contributed by atoms with E-state index in [0.717, 1.165) is 85.1 Å². The molecule has 0 radical (unpaired) electrons. The minimum Gasteiger partial charge on any atom is -0.458 e. The van der Waals surface area contributed by atoms with Gasteiger partial charge in [0.2, 0.25) is 0 Å². The molecule has 2 aromatic heterocycles. The lowest BCUT2D eigenvalue weighted by atomic mass is 9.34.